The van der Waals surface area contributed by atoms with Gasteiger partial charge < -0.3 is 4.74 Å². The van der Waals surface area contributed by atoms with Gasteiger partial charge in [-0.15, -0.1) is 11.3 Å². The van der Waals surface area contributed by atoms with Gasteiger partial charge in [0.15, 0.2) is 0 Å². The number of carbonyl (C=O) groups excluding carboxylic acids is 1. The van der Waals surface area contributed by atoms with Crippen LogP contribution in [-0.4, -0.2) is 35.5 Å². The highest BCUT2D eigenvalue weighted by Gasteiger charge is 2.12. The van der Waals surface area contributed by atoms with Crippen LogP contribution < -0.4 is 0 Å². The average Bonchev–Trinajstić information content (AvgIpc) is 2.68. The minimum absolute atomic E-state index is 0.0663. The van der Waals surface area contributed by atoms with Gasteiger partial charge in [0.05, 0.1) is 29.4 Å². The highest BCUT2D eigenvalue weighted by atomic mass is 32.1. The topological polar surface area (TPSA) is 42.4 Å². The molecule has 0 aliphatic carbocycles. The number of esters is 1. The summed E-state index contributed by atoms with van der Waals surface area (Å²) in [5, 5.41) is 1.01. The number of likely N-dealkylation sites (N-methyl/N-ethyl adjacent to an activating group) is 1. The monoisotopic (exact) mass is 278 g/mol. The molecule has 0 bridgehead atoms. The van der Waals surface area contributed by atoms with Gasteiger partial charge in [-0.3, -0.25) is 9.69 Å². The minimum Gasteiger partial charge on any atom is -0.462 e. The molecule has 2 aromatic rings. The summed E-state index contributed by atoms with van der Waals surface area (Å²) in [5.74, 6) is -0.196. The number of fused-ring (bicyclic) bond motifs is 1. The van der Waals surface area contributed by atoms with Crippen LogP contribution in [0.4, 0.5) is 0 Å². The SMILES string of the molecule is CC(C)OC(=O)CN(C)Cc1nc2ccccc2s1. The lowest BCUT2D eigenvalue weighted by Crippen LogP contribution is -2.28. The molecule has 19 heavy (non-hydrogen) atoms. The summed E-state index contributed by atoms with van der Waals surface area (Å²) in [4.78, 5) is 18.0. The lowest BCUT2D eigenvalue weighted by atomic mass is 10.3. The zero-order valence-corrected chi connectivity index (χ0v) is 12.2. The maximum atomic E-state index is 11.5. The number of hydrogen-bond donors (Lipinski definition) is 0. The van der Waals surface area contributed by atoms with Crippen molar-refractivity contribution < 1.29 is 9.53 Å². The smallest absolute Gasteiger partial charge is 0.320 e. The third kappa shape index (κ3) is 4.01. The highest BCUT2D eigenvalue weighted by Crippen LogP contribution is 2.22. The Morgan fingerprint density at radius 3 is 2.84 bits per heavy atom. The number of rotatable bonds is 5. The molecular weight excluding hydrogens is 260 g/mol. The van der Waals surface area contributed by atoms with Crippen molar-refractivity contribution in [3.63, 3.8) is 0 Å². The van der Waals surface area contributed by atoms with Gasteiger partial charge in [0, 0.05) is 0 Å². The molecule has 1 aromatic carbocycles. The van der Waals surface area contributed by atoms with Crippen molar-refractivity contribution in [1.29, 1.82) is 0 Å². The van der Waals surface area contributed by atoms with Crippen molar-refractivity contribution >= 4 is 27.5 Å². The third-order valence-electron chi connectivity index (χ3n) is 2.51. The molecular formula is C14H18N2O2S. The molecule has 102 valence electrons. The number of aromatic nitrogens is 1. The predicted molar refractivity (Wildman–Crippen MR) is 77.2 cm³/mol. The minimum atomic E-state index is -0.196. The second kappa shape index (κ2) is 6.12. The van der Waals surface area contributed by atoms with Gasteiger partial charge in [0.2, 0.25) is 0 Å². The summed E-state index contributed by atoms with van der Waals surface area (Å²) < 4.78 is 6.30. The number of ether oxygens (including phenoxy) is 1. The molecule has 0 atom stereocenters. The normalized spacial score (nSPS) is 11.4. The zero-order chi connectivity index (χ0) is 13.8. The molecule has 0 aliphatic rings. The molecule has 1 aromatic heterocycles. The average molecular weight is 278 g/mol. The van der Waals surface area contributed by atoms with Crippen LogP contribution >= 0.6 is 11.3 Å². The molecule has 5 heteroatoms. The van der Waals surface area contributed by atoms with E-state index in [9.17, 15) is 4.79 Å². The van der Waals surface area contributed by atoms with Crippen LogP contribution in [0.2, 0.25) is 0 Å². The van der Waals surface area contributed by atoms with Crippen molar-refractivity contribution in [1.82, 2.24) is 9.88 Å². The Morgan fingerprint density at radius 1 is 1.42 bits per heavy atom. The number of hydrogen-bond acceptors (Lipinski definition) is 5. The molecule has 1 heterocycles. The fraction of sp³-hybridized carbons (Fsp3) is 0.429. The van der Waals surface area contributed by atoms with E-state index in [1.807, 2.05) is 44.0 Å². The van der Waals surface area contributed by atoms with Crippen LogP contribution in [0, 0.1) is 0 Å². The summed E-state index contributed by atoms with van der Waals surface area (Å²) >= 11 is 1.66. The van der Waals surface area contributed by atoms with Crippen LogP contribution in [0.1, 0.15) is 18.9 Å². The Morgan fingerprint density at radius 2 is 2.16 bits per heavy atom. The second-order valence-electron chi connectivity index (χ2n) is 4.79. The predicted octanol–water partition coefficient (Wildman–Crippen LogP) is 2.68. The Labute approximate surface area is 117 Å². The summed E-state index contributed by atoms with van der Waals surface area (Å²) in [6, 6.07) is 8.05. The molecule has 4 nitrogen and oxygen atoms in total. The Hall–Kier alpha value is -1.46. The van der Waals surface area contributed by atoms with E-state index in [-0.39, 0.29) is 18.6 Å². The lowest BCUT2D eigenvalue weighted by Gasteiger charge is -2.15. The van der Waals surface area contributed by atoms with Gasteiger partial charge in [0.1, 0.15) is 5.01 Å². The summed E-state index contributed by atoms with van der Waals surface area (Å²) in [6.45, 7) is 4.65. The summed E-state index contributed by atoms with van der Waals surface area (Å²) in [5.41, 5.74) is 1.01. The van der Waals surface area contributed by atoms with Crippen molar-refractivity contribution in [3.05, 3.63) is 29.3 Å². The first-order valence-electron chi connectivity index (χ1n) is 6.27. The first-order valence-corrected chi connectivity index (χ1v) is 7.08. The molecule has 0 aliphatic heterocycles. The largest absolute Gasteiger partial charge is 0.462 e. The van der Waals surface area contributed by atoms with Gasteiger partial charge in [-0.25, -0.2) is 4.98 Å². The maximum absolute atomic E-state index is 11.5. The Kier molecular flexibility index (Phi) is 4.50. The quantitative estimate of drug-likeness (QED) is 0.789. The molecule has 0 saturated heterocycles. The third-order valence-corrected chi connectivity index (χ3v) is 3.53. The zero-order valence-electron chi connectivity index (χ0n) is 11.4. The van der Waals surface area contributed by atoms with E-state index in [4.69, 9.17) is 4.74 Å². The van der Waals surface area contributed by atoms with E-state index in [2.05, 4.69) is 11.1 Å². The number of para-hydroxylation sites is 1. The van der Waals surface area contributed by atoms with Gasteiger partial charge in [-0.05, 0) is 33.0 Å². The van der Waals surface area contributed by atoms with Crippen LogP contribution in [0.25, 0.3) is 10.2 Å². The first kappa shape index (κ1) is 14.0. The summed E-state index contributed by atoms with van der Waals surface area (Å²) in [6.07, 6.45) is -0.0663. The van der Waals surface area contributed by atoms with E-state index in [1.54, 1.807) is 11.3 Å². The second-order valence-corrected chi connectivity index (χ2v) is 5.90. The first-order chi connectivity index (χ1) is 9.04. The van der Waals surface area contributed by atoms with E-state index in [1.165, 1.54) is 4.70 Å². The molecule has 0 unspecified atom stereocenters. The van der Waals surface area contributed by atoms with Gasteiger partial charge in [-0.1, -0.05) is 12.1 Å². The number of benzene rings is 1. The molecule has 0 spiro atoms. The number of carbonyl (C=O) groups is 1. The molecule has 0 saturated carbocycles. The van der Waals surface area contributed by atoms with Gasteiger partial charge in [0.25, 0.3) is 0 Å². The molecule has 0 fully saturated rings. The van der Waals surface area contributed by atoms with E-state index in [0.29, 0.717) is 6.54 Å². The van der Waals surface area contributed by atoms with Gasteiger partial charge >= 0.3 is 5.97 Å². The Balaban J connectivity index is 1.94. The van der Waals surface area contributed by atoms with Crippen molar-refractivity contribution in [2.24, 2.45) is 0 Å². The number of thiazole rings is 1. The van der Waals surface area contributed by atoms with Crippen molar-refractivity contribution in [2.45, 2.75) is 26.5 Å². The lowest BCUT2D eigenvalue weighted by molar-refractivity contribution is -0.148. The fourth-order valence-corrected chi connectivity index (χ4v) is 2.84. The Bertz CT molecular complexity index is 532. The standard InChI is InChI=1S/C14H18N2O2S/c1-10(2)18-14(17)9-16(3)8-13-15-11-6-4-5-7-12(11)19-13/h4-7,10H,8-9H2,1-3H3. The van der Waals surface area contributed by atoms with Crippen molar-refractivity contribution in [3.8, 4) is 0 Å². The van der Waals surface area contributed by atoms with E-state index < -0.39 is 0 Å². The van der Waals surface area contributed by atoms with E-state index >= 15 is 0 Å². The maximum Gasteiger partial charge on any atom is 0.320 e. The summed E-state index contributed by atoms with van der Waals surface area (Å²) in [7, 11) is 1.90. The van der Waals surface area contributed by atoms with Crippen molar-refractivity contribution in [2.75, 3.05) is 13.6 Å². The molecule has 0 amide bonds. The molecule has 2 rings (SSSR count). The van der Waals surface area contributed by atoms with Crippen LogP contribution in [0.3, 0.4) is 0 Å². The molecule has 0 radical (unpaired) electrons. The fourth-order valence-electron chi connectivity index (χ4n) is 1.79. The van der Waals surface area contributed by atoms with Crippen LogP contribution in [-0.2, 0) is 16.1 Å². The van der Waals surface area contributed by atoms with Gasteiger partial charge in [-0.2, -0.15) is 0 Å². The molecule has 0 N–H and O–H groups in total. The van der Waals surface area contributed by atoms with Crippen LogP contribution in [0.5, 0.6) is 0 Å². The highest BCUT2D eigenvalue weighted by molar-refractivity contribution is 7.18. The number of nitrogens with zero attached hydrogens (tertiary/aromatic N) is 2. The van der Waals surface area contributed by atoms with Crippen LogP contribution in [0.15, 0.2) is 24.3 Å². The van der Waals surface area contributed by atoms with E-state index in [0.717, 1.165) is 10.5 Å².